The molecule has 4 rings (SSSR count). The van der Waals surface area contributed by atoms with Crippen molar-refractivity contribution in [3.05, 3.63) is 131 Å². The zero-order valence-corrected chi connectivity index (χ0v) is 28.3. The monoisotopic (exact) mass is 684 g/mol. The molecule has 4 aromatic rings. The molecule has 0 radical (unpaired) electrons. The fourth-order valence-corrected chi connectivity index (χ4v) is 6.52. The van der Waals surface area contributed by atoms with Crippen molar-refractivity contribution in [2.75, 3.05) is 7.11 Å². The highest BCUT2D eigenvalue weighted by atomic mass is 32.2. The predicted octanol–water partition coefficient (Wildman–Crippen LogP) is 3.01. The van der Waals surface area contributed by atoms with Gasteiger partial charge in [-0.1, -0.05) is 91.0 Å². The largest absolute Gasteiger partial charge is 0.497 e. The van der Waals surface area contributed by atoms with E-state index in [1.54, 1.807) is 79.7 Å². The molecule has 0 aromatic heterocycles. The van der Waals surface area contributed by atoms with Crippen LogP contribution < -0.4 is 25.4 Å². The molecule has 11 nitrogen and oxygen atoms in total. The first-order chi connectivity index (χ1) is 23.5. The van der Waals surface area contributed by atoms with Gasteiger partial charge in [0.2, 0.25) is 27.6 Å². The number of hydrogen-bond acceptors (Lipinski definition) is 7. The van der Waals surface area contributed by atoms with Gasteiger partial charge in [0.1, 0.15) is 17.8 Å². The number of aryl methyl sites for hydroxylation is 1. The zero-order valence-electron chi connectivity index (χ0n) is 27.5. The van der Waals surface area contributed by atoms with Crippen molar-refractivity contribution >= 4 is 33.5 Å². The molecule has 12 heteroatoms. The Bertz CT molecular complexity index is 1850. The van der Waals surface area contributed by atoms with Gasteiger partial charge in [-0.2, -0.15) is 4.72 Å². The topological polar surface area (TPSA) is 160 Å². The normalized spacial score (nSPS) is 13.0. The van der Waals surface area contributed by atoms with Crippen LogP contribution in [-0.2, 0) is 48.6 Å². The summed E-state index contributed by atoms with van der Waals surface area (Å²) >= 11 is 0. The Balaban J connectivity index is 1.55. The minimum Gasteiger partial charge on any atom is -0.497 e. The number of carbonyl (C=O) groups excluding carboxylic acids is 4. The van der Waals surface area contributed by atoms with E-state index in [1.165, 1.54) is 20.1 Å². The van der Waals surface area contributed by atoms with Crippen LogP contribution in [0.3, 0.4) is 0 Å². The average molecular weight is 685 g/mol. The summed E-state index contributed by atoms with van der Waals surface area (Å²) in [5.41, 5.74) is 2.65. The molecule has 3 amide bonds. The van der Waals surface area contributed by atoms with E-state index in [0.717, 1.165) is 5.56 Å². The summed E-state index contributed by atoms with van der Waals surface area (Å²) < 4.78 is 33.8. The van der Waals surface area contributed by atoms with Crippen LogP contribution in [0.5, 0.6) is 5.75 Å². The maximum absolute atomic E-state index is 13.9. The van der Waals surface area contributed by atoms with Gasteiger partial charge in [-0.15, -0.1) is 0 Å². The maximum atomic E-state index is 13.9. The molecule has 256 valence electrons. The number of Topliss-reactive ketones (excluding diaryl/α,β-unsaturated/α-hetero) is 1. The fraction of sp³-hybridized carbons (Fsp3) is 0.243. The second-order valence-electron chi connectivity index (χ2n) is 11.5. The Kier molecular flexibility index (Phi) is 12.8. The quantitative estimate of drug-likeness (QED) is 0.132. The molecule has 49 heavy (non-hydrogen) atoms. The maximum Gasteiger partial charge on any atom is 0.289 e. The Morgan fingerprint density at radius 3 is 1.82 bits per heavy atom. The molecule has 1 unspecified atom stereocenters. The van der Waals surface area contributed by atoms with Crippen LogP contribution >= 0.6 is 0 Å². The van der Waals surface area contributed by atoms with Crippen molar-refractivity contribution in [1.82, 2.24) is 20.7 Å². The molecule has 0 saturated heterocycles. The molecule has 0 aliphatic heterocycles. The van der Waals surface area contributed by atoms with Crippen molar-refractivity contribution in [2.45, 2.75) is 56.3 Å². The van der Waals surface area contributed by atoms with Gasteiger partial charge in [0.05, 0.1) is 18.0 Å². The zero-order chi connectivity index (χ0) is 35.4. The molecule has 4 N–H and O–H groups in total. The highest BCUT2D eigenvalue weighted by Crippen LogP contribution is 2.16. The lowest BCUT2D eigenvalue weighted by Crippen LogP contribution is -2.57. The van der Waals surface area contributed by atoms with Gasteiger partial charge in [0, 0.05) is 19.4 Å². The Labute approximate surface area is 286 Å². The predicted molar refractivity (Wildman–Crippen MR) is 185 cm³/mol. The van der Waals surface area contributed by atoms with Crippen molar-refractivity contribution in [3.63, 3.8) is 0 Å². The van der Waals surface area contributed by atoms with Crippen LogP contribution in [0.25, 0.3) is 0 Å². The van der Waals surface area contributed by atoms with Crippen molar-refractivity contribution in [1.29, 1.82) is 0 Å². The summed E-state index contributed by atoms with van der Waals surface area (Å²) in [5.74, 6) is -2.65. The van der Waals surface area contributed by atoms with Gasteiger partial charge in [-0.25, -0.2) is 8.42 Å². The molecule has 0 aliphatic carbocycles. The fourth-order valence-electron chi connectivity index (χ4n) is 5.07. The molecule has 0 aliphatic rings. The lowest BCUT2D eigenvalue weighted by atomic mass is 9.99. The van der Waals surface area contributed by atoms with E-state index in [2.05, 4.69) is 20.7 Å². The minimum absolute atomic E-state index is 0.00865. The second kappa shape index (κ2) is 17.2. The molecular weight excluding hydrogens is 644 g/mol. The van der Waals surface area contributed by atoms with Gasteiger partial charge in [-0.05, 0) is 54.3 Å². The van der Waals surface area contributed by atoms with Gasteiger partial charge in [0.25, 0.3) is 5.91 Å². The summed E-state index contributed by atoms with van der Waals surface area (Å²) in [5, 5.41) is 7.95. The molecule has 0 heterocycles. The molecule has 0 spiro atoms. The van der Waals surface area contributed by atoms with Crippen LogP contribution in [0, 0.1) is 6.92 Å². The molecule has 0 fully saturated rings. The van der Waals surface area contributed by atoms with E-state index in [1.807, 2.05) is 30.3 Å². The van der Waals surface area contributed by atoms with Crippen molar-refractivity contribution in [3.8, 4) is 5.75 Å². The average Bonchev–Trinajstić information content (AvgIpc) is 3.10. The van der Waals surface area contributed by atoms with Gasteiger partial charge in [-0.3, -0.25) is 19.2 Å². The number of amides is 3. The first-order valence-electron chi connectivity index (χ1n) is 15.7. The number of benzene rings is 4. The number of ether oxygens (including phenoxy) is 1. The minimum atomic E-state index is -4.07. The summed E-state index contributed by atoms with van der Waals surface area (Å²) in [6.07, 6.45) is 0.00524. The van der Waals surface area contributed by atoms with Crippen LogP contribution in [0.2, 0.25) is 0 Å². The summed E-state index contributed by atoms with van der Waals surface area (Å²) in [6, 6.07) is 27.4. The SMILES string of the molecule is COc1ccc(C[C@H](NC(=O)[C@H](C)NS(=O)(=O)c2ccccc2C)C(=O)NC(Cc2ccccc2)C(=O)C(=O)NCc2ccccc2)cc1. The van der Waals surface area contributed by atoms with E-state index in [9.17, 15) is 27.6 Å². The third kappa shape index (κ3) is 10.6. The van der Waals surface area contributed by atoms with Crippen LogP contribution in [0.4, 0.5) is 0 Å². The third-order valence-electron chi connectivity index (χ3n) is 7.78. The van der Waals surface area contributed by atoms with Crippen LogP contribution in [0.15, 0.2) is 114 Å². The lowest BCUT2D eigenvalue weighted by molar-refractivity contribution is -0.140. The number of rotatable bonds is 16. The smallest absolute Gasteiger partial charge is 0.289 e. The Morgan fingerprint density at radius 1 is 0.673 bits per heavy atom. The van der Waals surface area contributed by atoms with E-state index in [4.69, 9.17) is 4.74 Å². The molecule has 3 atom stereocenters. The summed E-state index contributed by atoms with van der Waals surface area (Å²) in [6.45, 7) is 3.12. The number of sulfonamides is 1. The van der Waals surface area contributed by atoms with Gasteiger partial charge in [0.15, 0.2) is 0 Å². The van der Waals surface area contributed by atoms with Gasteiger partial charge >= 0.3 is 0 Å². The van der Waals surface area contributed by atoms with Crippen LogP contribution in [-0.4, -0.2) is 57.2 Å². The summed E-state index contributed by atoms with van der Waals surface area (Å²) in [7, 11) is -2.55. The highest BCUT2D eigenvalue weighted by molar-refractivity contribution is 7.89. The highest BCUT2D eigenvalue weighted by Gasteiger charge is 2.32. The Hall–Kier alpha value is -5.33. The first kappa shape index (κ1) is 36.5. The number of nitrogens with one attached hydrogen (secondary N) is 4. The summed E-state index contributed by atoms with van der Waals surface area (Å²) in [4.78, 5) is 53.9. The lowest BCUT2D eigenvalue weighted by Gasteiger charge is -2.24. The van der Waals surface area contributed by atoms with E-state index < -0.39 is 51.7 Å². The number of methoxy groups -OCH3 is 1. The van der Waals surface area contributed by atoms with Crippen molar-refractivity contribution < 1.29 is 32.3 Å². The van der Waals surface area contributed by atoms with E-state index >= 15 is 0 Å². The van der Waals surface area contributed by atoms with E-state index in [-0.39, 0.29) is 24.3 Å². The first-order valence-corrected chi connectivity index (χ1v) is 17.2. The second-order valence-corrected chi connectivity index (χ2v) is 13.2. The van der Waals surface area contributed by atoms with E-state index in [0.29, 0.717) is 22.4 Å². The molecule has 0 saturated carbocycles. The molecular formula is C37H40N4O7S. The third-order valence-corrected chi connectivity index (χ3v) is 9.48. The molecule has 4 aromatic carbocycles. The van der Waals surface area contributed by atoms with Gasteiger partial charge < -0.3 is 20.7 Å². The van der Waals surface area contributed by atoms with Crippen LogP contribution in [0.1, 0.15) is 29.2 Å². The van der Waals surface area contributed by atoms with Crippen molar-refractivity contribution in [2.24, 2.45) is 0 Å². The number of ketones is 1. The standard InChI is InChI=1S/C37H40N4O7S/c1-25-12-10-11-17-33(25)49(46,47)41-26(2)35(43)40-32(23-28-18-20-30(48-3)21-19-28)36(44)39-31(22-27-13-6-4-7-14-27)34(42)37(45)38-24-29-15-8-5-9-16-29/h4-21,26,31-32,41H,22-24H2,1-3H3,(H,38,45)(H,39,44)(H,40,43)/t26-,31?,32-/m0/s1. The number of carbonyl (C=O) groups is 4. The molecule has 0 bridgehead atoms. The Morgan fingerprint density at radius 2 is 1.20 bits per heavy atom. The number of hydrogen-bond donors (Lipinski definition) is 4.